The van der Waals surface area contributed by atoms with Gasteiger partial charge in [0.05, 0.1) is 6.07 Å². The summed E-state index contributed by atoms with van der Waals surface area (Å²) < 4.78 is 10.2. The highest BCUT2D eigenvalue weighted by Gasteiger charge is 2.16. The molecule has 1 heterocycles. The predicted octanol–water partition coefficient (Wildman–Crippen LogP) is 2.01. The van der Waals surface area contributed by atoms with Crippen molar-refractivity contribution in [3.63, 3.8) is 0 Å². The van der Waals surface area contributed by atoms with Crippen LogP contribution in [0.2, 0.25) is 0 Å². The molecule has 15 heavy (non-hydrogen) atoms. The van der Waals surface area contributed by atoms with Gasteiger partial charge in [-0.3, -0.25) is 0 Å². The summed E-state index contributed by atoms with van der Waals surface area (Å²) in [4.78, 5) is 4.18. The molecule has 0 aromatic carbocycles. The molecule has 0 fully saturated rings. The maximum atomic E-state index is 8.41. The molecule has 0 amide bonds. The molecule has 0 saturated heterocycles. The first-order chi connectivity index (χ1) is 7.31. The zero-order valence-electron chi connectivity index (χ0n) is 9.06. The average molecular weight is 209 g/mol. The zero-order valence-corrected chi connectivity index (χ0v) is 9.06. The highest BCUT2D eigenvalue weighted by atomic mass is 16.5. The smallest absolute Gasteiger partial charge is 0.227 e. The summed E-state index contributed by atoms with van der Waals surface area (Å²) in [7, 11) is 1.63. The summed E-state index contributed by atoms with van der Waals surface area (Å²) in [6.07, 6.45) is 2.67. The fourth-order valence-corrected chi connectivity index (χ4v) is 1.28. The van der Waals surface area contributed by atoms with Crippen LogP contribution in [-0.2, 0) is 11.2 Å². The molecular formula is C10H15N3O2. The summed E-state index contributed by atoms with van der Waals surface area (Å²) in [6, 6.07) is 2.03. The molecule has 0 aliphatic carbocycles. The third-order valence-electron chi connectivity index (χ3n) is 2.06. The van der Waals surface area contributed by atoms with Crippen LogP contribution in [0.4, 0.5) is 0 Å². The Balaban J connectivity index is 2.61. The van der Waals surface area contributed by atoms with Crippen molar-refractivity contribution >= 4 is 0 Å². The summed E-state index contributed by atoms with van der Waals surface area (Å²) in [5.41, 5.74) is 0. The maximum Gasteiger partial charge on any atom is 0.227 e. The first-order valence-corrected chi connectivity index (χ1v) is 5.04. The van der Waals surface area contributed by atoms with E-state index in [1.54, 1.807) is 7.11 Å². The van der Waals surface area contributed by atoms with Gasteiger partial charge in [-0.25, -0.2) is 0 Å². The number of ether oxygens (including phenoxy) is 1. The molecule has 0 bridgehead atoms. The van der Waals surface area contributed by atoms with Gasteiger partial charge in [0.25, 0.3) is 0 Å². The van der Waals surface area contributed by atoms with E-state index in [-0.39, 0.29) is 6.10 Å². The van der Waals surface area contributed by atoms with Crippen molar-refractivity contribution in [2.75, 3.05) is 7.11 Å². The van der Waals surface area contributed by atoms with Crippen molar-refractivity contribution < 1.29 is 9.26 Å². The summed E-state index contributed by atoms with van der Waals surface area (Å²) in [5, 5.41) is 12.2. The monoisotopic (exact) mass is 209 g/mol. The molecule has 0 aliphatic rings. The lowest BCUT2D eigenvalue weighted by Gasteiger charge is -2.08. The molecule has 82 valence electrons. The van der Waals surface area contributed by atoms with E-state index in [0.29, 0.717) is 24.6 Å². The predicted molar refractivity (Wildman–Crippen MR) is 52.9 cm³/mol. The Labute approximate surface area is 89.0 Å². The largest absolute Gasteiger partial charge is 0.373 e. The van der Waals surface area contributed by atoms with E-state index in [2.05, 4.69) is 17.1 Å². The first kappa shape index (κ1) is 11.7. The maximum absolute atomic E-state index is 8.41. The van der Waals surface area contributed by atoms with Crippen molar-refractivity contribution in [2.24, 2.45) is 0 Å². The summed E-state index contributed by atoms with van der Waals surface area (Å²) in [6.45, 7) is 2.07. The third kappa shape index (κ3) is 3.33. The van der Waals surface area contributed by atoms with Crippen LogP contribution in [0.15, 0.2) is 4.52 Å². The lowest BCUT2D eigenvalue weighted by atomic mass is 10.2. The van der Waals surface area contributed by atoms with Crippen molar-refractivity contribution in [3.8, 4) is 6.07 Å². The third-order valence-corrected chi connectivity index (χ3v) is 2.06. The van der Waals surface area contributed by atoms with Gasteiger partial charge < -0.3 is 9.26 Å². The lowest BCUT2D eigenvalue weighted by Crippen LogP contribution is -2.03. The van der Waals surface area contributed by atoms with Crippen LogP contribution >= 0.6 is 0 Å². The van der Waals surface area contributed by atoms with Crippen molar-refractivity contribution in [1.82, 2.24) is 10.1 Å². The molecule has 1 atom stereocenters. The van der Waals surface area contributed by atoms with Crippen LogP contribution < -0.4 is 0 Å². The quantitative estimate of drug-likeness (QED) is 0.716. The van der Waals surface area contributed by atoms with Crippen LogP contribution in [0.1, 0.15) is 44.0 Å². The second-order valence-corrected chi connectivity index (χ2v) is 3.22. The fourth-order valence-electron chi connectivity index (χ4n) is 1.28. The van der Waals surface area contributed by atoms with Crippen LogP contribution in [-0.4, -0.2) is 17.3 Å². The van der Waals surface area contributed by atoms with Gasteiger partial charge in [0.2, 0.25) is 11.7 Å². The van der Waals surface area contributed by atoms with Crippen LogP contribution in [0, 0.1) is 11.3 Å². The number of methoxy groups -OCH3 is 1. The Kier molecular flexibility index (Phi) is 4.78. The number of aryl methyl sites for hydroxylation is 1. The molecule has 0 aliphatic heterocycles. The SMILES string of the molecule is CCCC(OC)c1noc(CCC#N)n1. The van der Waals surface area contributed by atoms with Crippen LogP contribution in [0.25, 0.3) is 0 Å². The molecule has 1 unspecified atom stereocenters. The van der Waals surface area contributed by atoms with Crippen LogP contribution in [0.5, 0.6) is 0 Å². The van der Waals surface area contributed by atoms with E-state index in [1.807, 2.05) is 6.07 Å². The zero-order chi connectivity index (χ0) is 11.1. The van der Waals surface area contributed by atoms with E-state index in [0.717, 1.165) is 12.8 Å². The van der Waals surface area contributed by atoms with Gasteiger partial charge in [-0.05, 0) is 6.42 Å². The van der Waals surface area contributed by atoms with Gasteiger partial charge in [-0.1, -0.05) is 18.5 Å². The van der Waals surface area contributed by atoms with E-state index in [4.69, 9.17) is 14.5 Å². The topological polar surface area (TPSA) is 71.9 Å². The molecule has 0 radical (unpaired) electrons. The Bertz CT molecular complexity index is 330. The number of nitrogens with zero attached hydrogens (tertiary/aromatic N) is 3. The van der Waals surface area contributed by atoms with E-state index < -0.39 is 0 Å². The van der Waals surface area contributed by atoms with E-state index >= 15 is 0 Å². The van der Waals surface area contributed by atoms with Gasteiger partial charge in [-0.15, -0.1) is 0 Å². The molecule has 0 saturated carbocycles. The minimum Gasteiger partial charge on any atom is -0.373 e. The number of nitriles is 1. The van der Waals surface area contributed by atoms with Crippen molar-refractivity contribution in [1.29, 1.82) is 5.26 Å². The minimum atomic E-state index is -0.102. The van der Waals surface area contributed by atoms with Gasteiger partial charge >= 0.3 is 0 Å². The fraction of sp³-hybridized carbons (Fsp3) is 0.700. The molecule has 1 rings (SSSR count). The van der Waals surface area contributed by atoms with Crippen molar-refractivity contribution in [2.45, 2.75) is 38.7 Å². The summed E-state index contributed by atoms with van der Waals surface area (Å²) in [5.74, 6) is 1.08. The number of rotatable bonds is 6. The highest BCUT2D eigenvalue weighted by molar-refractivity contribution is 4.92. The molecule has 5 nitrogen and oxygen atoms in total. The minimum absolute atomic E-state index is 0.102. The first-order valence-electron chi connectivity index (χ1n) is 5.04. The molecule has 0 N–H and O–H groups in total. The molecule has 0 spiro atoms. The molecule has 1 aromatic rings. The standard InChI is InChI=1S/C10H15N3O2/c1-3-5-8(14-2)10-12-9(15-13-10)6-4-7-11/h8H,3-6H2,1-2H3. The van der Waals surface area contributed by atoms with Gasteiger partial charge in [0.1, 0.15) is 6.10 Å². The lowest BCUT2D eigenvalue weighted by molar-refractivity contribution is 0.0854. The number of aromatic nitrogens is 2. The Morgan fingerprint density at radius 2 is 2.40 bits per heavy atom. The molecular weight excluding hydrogens is 194 g/mol. The molecule has 1 aromatic heterocycles. The normalized spacial score (nSPS) is 12.3. The van der Waals surface area contributed by atoms with Crippen LogP contribution in [0.3, 0.4) is 0 Å². The van der Waals surface area contributed by atoms with E-state index in [9.17, 15) is 0 Å². The number of hydrogen-bond donors (Lipinski definition) is 0. The number of hydrogen-bond acceptors (Lipinski definition) is 5. The van der Waals surface area contributed by atoms with E-state index in [1.165, 1.54) is 0 Å². The van der Waals surface area contributed by atoms with Gasteiger partial charge in [0.15, 0.2) is 0 Å². The Hall–Kier alpha value is -1.41. The average Bonchev–Trinajstić information content (AvgIpc) is 2.71. The summed E-state index contributed by atoms with van der Waals surface area (Å²) >= 11 is 0. The Morgan fingerprint density at radius 3 is 3.00 bits per heavy atom. The molecule has 5 heteroatoms. The highest BCUT2D eigenvalue weighted by Crippen LogP contribution is 2.18. The second kappa shape index (κ2) is 6.14. The second-order valence-electron chi connectivity index (χ2n) is 3.22. The van der Waals surface area contributed by atoms with Crippen molar-refractivity contribution in [3.05, 3.63) is 11.7 Å². The Morgan fingerprint density at radius 1 is 1.60 bits per heavy atom. The van der Waals surface area contributed by atoms with Gasteiger partial charge in [-0.2, -0.15) is 10.2 Å². The van der Waals surface area contributed by atoms with Gasteiger partial charge in [0, 0.05) is 20.0 Å².